The predicted octanol–water partition coefficient (Wildman–Crippen LogP) is 2.77. The molecule has 1 fully saturated rings. The van der Waals surface area contributed by atoms with Crippen LogP contribution in [0.2, 0.25) is 0 Å². The van der Waals surface area contributed by atoms with Gasteiger partial charge in [-0.2, -0.15) is 0 Å². The molecule has 0 unspecified atom stereocenters. The number of aryl methyl sites for hydroxylation is 1. The number of carbonyl (C=O) groups is 3. The van der Waals surface area contributed by atoms with Gasteiger partial charge in [0.25, 0.3) is 0 Å². The van der Waals surface area contributed by atoms with Crippen LogP contribution in [0, 0.1) is 12.8 Å². The second-order valence-electron chi connectivity index (χ2n) is 6.14. The lowest BCUT2D eigenvalue weighted by atomic mass is 10.1. The molecule has 0 radical (unpaired) electrons. The lowest BCUT2D eigenvalue weighted by Gasteiger charge is -2.16. The first-order chi connectivity index (χ1) is 12.0. The third kappa shape index (κ3) is 3.94. The molecular formula is C20H19NO4. The summed E-state index contributed by atoms with van der Waals surface area (Å²) >= 11 is 0. The van der Waals surface area contributed by atoms with E-state index in [2.05, 4.69) is 0 Å². The summed E-state index contributed by atoms with van der Waals surface area (Å²) in [4.78, 5) is 38.0. The van der Waals surface area contributed by atoms with Crippen LogP contribution in [0.25, 0.3) is 0 Å². The highest BCUT2D eigenvalue weighted by atomic mass is 16.5. The van der Waals surface area contributed by atoms with Crippen molar-refractivity contribution in [2.45, 2.75) is 13.3 Å². The summed E-state index contributed by atoms with van der Waals surface area (Å²) in [5.41, 5.74) is 2.32. The van der Waals surface area contributed by atoms with Gasteiger partial charge in [-0.3, -0.25) is 14.4 Å². The summed E-state index contributed by atoms with van der Waals surface area (Å²) in [6.45, 7) is 1.90. The predicted molar refractivity (Wildman–Crippen MR) is 93.4 cm³/mol. The maximum atomic E-state index is 12.2. The molecule has 0 aliphatic carbocycles. The van der Waals surface area contributed by atoms with Gasteiger partial charge in [-0.05, 0) is 19.1 Å². The van der Waals surface area contributed by atoms with Crippen molar-refractivity contribution in [3.8, 4) is 0 Å². The number of esters is 1. The summed E-state index contributed by atoms with van der Waals surface area (Å²) in [6, 6.07) is 16.3. The largest absolute Gasteiger partial charge is 0.457 e. The number of nitrogens with zero attached hydrogens (tertiary/aromatic N) is 1. The molecule has 1 amide bonds. The Morgan fingerprint density at radius 3 is 2.44 bits per heavy atom. The Labute approximate surface area is 146 Å². The molecule has 3 rings (SSSR count). The minimum Gasteiger partial charge on any atom is -0.457 e. The topological polar surface area (TPSA) is 63.7 Å². The summed E-state index contributed by atoms with van der Waals surface area (Å²) in [7, 11) is 0. The zero-order chi connectivity index (χ0) is 17.8. The van der Waals surface area contributed by atoms with Crippen LogP contribution in [0.5, 0.6) is 0 Å². The third-order valence-corrected chi connectivity index (χ3v) is 4.25. The Bertz CT molecular complexity index is 783. The molecule has 1 atom stereocenters. The number of hydrogen-bond donors (Lipinski definition) is 0. The summed E-state index contributed by atoms with van der Waals surface area (Å²) in [5, 5.41) is 0. The minimum absolute atomic E-state index is 0.104. The third-order valence-electron chi connectivity index (χ3n) is 4.25. The van der Waals surface area contributed by atoms with Crippen molar-refractivity contribution < 1.29 is 19.1 Å². The zero-order valence-electron chi connectivity index (χ0n) is 14.0. The average Bonchev–Trinajstić information content (AvgIpc) is 3.02. The second kappa shape index (κ2) is 7.30. The summed E-state index contributed by atoms with van der Waals surface area (Å²) in [5.74, 6) is -1.42. The number of ketones is 1. The zero-order valence-corrected chi connectivity index (χ0v) is 14.0. The highest BCUT2D eigenvalue weighted by Gasteiger charge is 2.36. The molecular weight excluding hydrogens is 318 g/mol. The van der Waals surface area contributed by atoms with E-state index in [9.17, 15) is 14.4 Å². The Morgan fingerprint density at radius 2 is 1.76 bits per heavy atom. The number of hydrogen-bond acceptors (Lipinski definition) is 4. The van der Waals surface area contributed by atoms with Gasteiger partial charge in [0.1, 0.15) is 0 Å². The molecule has 5 heteroatoms. The van der Waals surface area contributed by atoms with Crippen LogP contribution in [-0.2, 0) is 14.3 Å². The first kappa shape index (κ1) is 16.9. The SMILES string of the molecule is Cc1ccc(C(=O)COC(=O)[C@H]2CC(=O)N(c3ccccc3)C2)cc1. The molecule has 0 N–H and O–H groups in total. The number of anilines is 1. The average molecular weight is 337 g/mol. The Balaban J connectivity index is 1.56. The van der Waals surface area contributed by atoms with E-state index in [1.54, 1.807) is 17.0 Å². The Kier molecular flexibility index (Phi) is 4.93. The van der Waals surface area contributed by atoms with Crippen LogP contribution < -0.4 is 4.90 Å². The maximum absolute atomic E-state index is 12.2. The molecule has 1 aliphatic rings. The van der Waals surface area contributed by atoms with E-state index in [4.69, 9.17) is 4.74 Å². The minimum atomic E-state index is -0.543. The molecule has 0 saturated carbocycles. The smallest absolute Gasteiger partial charge is 0.311 e. The number of para-hydroxylation sites is 1. The van der Waals surface area contributed by atoms with Crippen molar-refractivity contribution in [1.82, 2.24) is 0 Å². The lowest BCUT2D eigenvalue weighted by molar-refractivity contribution is -0.147. The van der Waals surface area contributed by atoms with Gasteiger partial charge in [0.15, 0.2) is 12.4 Å². The van der Waals surface area contributed by atoms with Crippen molar-refractivity contribution in [3.05, 3.63) is 65.7 Å². The molecule has 0 bridgehead atoms. The fourth-order valence-electron chi connectivity index (χ4n) is 2.80. The van der Waals surface area contributed by atoms with Gasteiger partial charge >= 0.3 is 5.97 Å². The van der Waals surface area contributed by atoms with E-state index in [1.165, 1.54) is 0 Å². The van der Waals surface area contributed by atoms with Gasteiger partial charge < -0.3 is 9.64 Å². The monoisotopic (exact) mass is 337 g/mol. The van der Waals surface area contributed by atoms with Crippen LogP contribution in [-0.4, -0.2) is 30.8 Å². The van der Waals surface area contributed by atoms with Gasteiger partial charge in [0, 0.05) is 24.2 Å². The highest BCUT2D eigenvalue weighted by molar-refractivity contribution is 6.01. The van der Waals surface area contributed by atoms with Crippen LogP contribution in [0.4, 0.5) is 5.69 Å². The molecule has 2 aromatic carbocycles. The molecule has 2 aromatic rings. The van der Waals surface area contributed by atoms with Crippen molar-refractivity contribution in [2.75, 3.05) is 18.1 Å². The van der Waals surface area contributed by atoms with Crippen LogP contribution in [0.1, 0.15) is 22.3 Å². The lowest BCUT2D eigenvalue weighted by Crippen LogP contribution is -2.27. The van der Waals surface area contributed by atoms with Gasteiger partial charge in [-0.15, -0.1) is 0 Å². The number of rotatable bonds is 5. The van der Waals surface area contributed by atoms with Crippen molar-refractivity contribution >= 4 is 23.3 Å². The number of amides is 1. The van der Waals surface area contributed by atoms with Crippen molar-refractivity contribution in [2.24, 2.45) is 5.92 Å². The van der Waals surface area contributed by atoms with Gasteiger partial charge in [0.2, 0.25) is 5.91 Å². The Morgan fingerprint density at radius 1 is 1.08 bits per heavy atom. The van der Waals surface area contributed by atoms with E-state index in [0.717, 1.165) is 11.3 Å². The van der Waals surface area contributed by atoms with Crippen molar-refractivity contribution in [1.29, 1.82) is 0 Å². The number of ether oxygens (including phenoxy) is 1. The highest BCUT2D eigenvalue weighted by Crippen LogP contribution is 2.25. The molecule has 0 spiro atoms. The fraction of sp³-hybridized carbons (Fsp3) is 0.250. The molecule has 128 valence electrons. The van der Waals surface area contributed by atoms with Gasteiger partial charge in [-0.25, -0.2) is 0 Å². The second-order valence-corrected chi connectivity index (χ2v) is 6.14. The number of benzene rings is 2. The standard InChI is InChI=1S/C20H19NO4/c1-14-7-9-15(10-8-14)18(22)13-25-20(24)16-11-19(23)21(12-16)17-5-3-2-4-6-17/h2-10,16H,11-13H2,1H3/t16-/m0/s1. The number of Topliss-reactive ketones (excluding diaryl/α,β-unsaturated/α-hetero) is 1. The Hall–Kier alpha value is -2.95. The molecule has 1 saturated heterocycles. The fourth-order valence-corrected chi connectivity index (χ4v) is 2.80. The number of carbonyl (C=O) groups excluding carboxylic acids is 3. The molecule has 1 aliphatic heterocycles. The van der Waals surface area contributed by atoms with E-state index >= 15 is 0 Å². The van der Waals surface area contributed by atoms with Crippen molar-refractivity contribution in [3.63, 3.8) is 0 Å². The van der Waals surface area contributed by atoms with E-state index in [0.29, 0.717) is 5.56 Å². The molecule has 25 heavy (non-hydrogen) atoms. The first-order valence-corrected chi connectivity index (χ1v) is 8.16. The summed E-state index contributed by atoms with van der Waals surface area (Å²) < 4.78 is 5.14. The molecule has 1 heterocycles. The normalized spacial score (nSPS) is 16.8. The van der Waals surface area contributed by atoms with E-state index < -0.39 is 11.9 Å². The van der Waals surface area contributed by atoms with E-state index in [1.807, 2.05) is 49.4 Å². The van der Waals surface area contributed by atoms with Gasteiger partial charge in [0.05, 0.1) is 5.92 Å². The van der Waals surface area contributed by atoms with E-state index in [-0.39, 0.29) is 31.3 Å². The summed E-state index contributed by atoms with van der Waals surface area (Å²) in [6.07, 6.45) is 0.104. The van der Waals surface area contributed by atoms with Crippen LogP contribution in [0.15, 0.2) is 54.6 Å². The van der Waals surface area contributed by atoms with Crippen LogP contribution >= 0.6 is 0 Å². The first-order valence-electron chi connectivity index (χ1n) is 8.16. The quantitative estimate of drug-likeness (QED) is 0.622. The van der Waals surface area contributed by atoms with Crippen LogP contribution in [0.3, 0.4) is 0 Å². The maximum Gasteiger partial charge on any atom is 0.311 e. The molecule has 5 nitrogen and oxygen atoms in total. The van der Waals surface area contributed by atoms with Gasteiger partial charge in [-0.1, -0.05) is 48.0 Å². The molecule has 0 aromatic heterocycles.